The van der Waals surface area contributed by atoms with Gasteiger partial charge in [-0.05, 0) is 42.9 Å². The molecule has 25 heavy (non-hydrogen) atoms. The third-order valence-corrected chi connectivity index (χ3v) is 4.71. The summed E-state index contributed by atoms with van der Waals surface area (Å²) in [6, 6.07) is 5.98. The molecule has 2 aromatic rings. The van der Waals surface area contributed by atoms with E-state index in [1.165, 1.54) is 6.42 Å². The first-order valence-electron chi connectivity index (χ1n) is 9.13. The number of nitrogens with zero attached hydrogens (tertiary/aromatic N) is 2. The van der Waals surface area contributed by atoms with Crippen LogP contribution in [0.5, 0.6) is 0 Å². The number of anilines is 1. The quantitative estimate of drug-likeness (QED) is 0.800. The summed E-state index contributed by atoms with van der Waals surface area (Å²) >= 11 is 0. The van der Waals surface area contributed by atoms with Gasteiger partial charge in [0.2, 0.25) is 11.9 Å². The molecule has 1 aromatic heterocycles. The fourth-order valence-corrected chi connectivity index (χ4v) is 3.22. The van der Waals surface area contributed by atoms with Gasteiger partial charge in [-0.1, -0.05) is 27.7 Å². The van der Waals surface area contributed by atoms with E-state index in [1.54, 1.807) is 0 Å². The number of fused-ring (bicyclic) bond motifs is 1. The summed E-state index contributed by atoms with van der Waals surface area (Å²) in [6.07, 6.45) is 4.28. The standard InChI is InChI=1S/C20H27N3O2/c1-5-17(24)13-9-10-15-16(11-13)23(14-7-6-8-14)19(21-15)22-18(25)12-20(2,3)4/h9-11,14H,5-8,12H2,1-4H3,(H,21,22,25). The van der Waals surface area contributed by atoms with Crippen molar-refractivity contribution in [1.82, 2.24) is 9.55 Å². The monoisotopic (exact) mass is 341 g/mol. The van der Waals surface area contributed by atoms with E-state index in [0.717, 1.165) is 23.9 Å². The van der Waals surface area contributed by atoms with Gasteiger partial charge in [-0.2, -0.15) is 0 Å². The van der Waals surface area contributed by atoms with Crippen molar-refractivity contribution in [1.29, 1.82) is 0 Å². The largest absolute Gasteiger partial charge is 0.307 e. The summed E-state index contributed by atoms with van der Waals surface area (Å²) in [5.74, 6) is 0.713. The molecule has 0 spiro atoms. The van der Waals surface area contributed by atoms with E-state index in [0.29, 0.717) is 30.4 Å². The predicted octanol–water partition coefficient (Wildman–Crippen LogP) is 4.73. The molecule has 0 atom stereocenters. The Morgan fingerprint density at radius 1 is 1.28 bits per heavy atom. The second-order valence-corrected chi connectivity index (χ2v) is 8.16. The first-order valence-corrected chi connectivity index (χ1v) is 9.13. The van der Waals surface area contributed by atoms with E-state index in [1.807, 2.05) is 45.9 Å². The van der Waals surface area contributed by atoms with Crippen LogP contribution >= 0.6 is 0 Å². The molecule has 0 radical (unpaired) electrons. The highest BCUT2D eigenvalue weighted by Crippen LogP contribution is 2.37. The second-order valence-electron chi connectivity index (χ2n) is 8.16. The first kappa shape index (κ1) is 17.6. The summed E-state index contributed by atoms with van der Waals surface area (Å²) in [4.78, 5) is 29.1. The summed E-state index contributed by atoms with van der Waals surface area (Å²) in [5.41, 5.74) is 2.40. The van der Waals surface area contributed by atoms with E-state index in [2.05, 4.69) is 14.9 Å². The van der Waals surface area contributed by atoms with Gasteiger partial charge in [0.25, 0.3) is 0 Å². The van der Waals surface area contributed by atoms with Gasteiger partial charge in [-0.3, -0.25) is 14.9 Å². The zero-order valence-electron chi connectivity index (χ0n) is 15.6. The van der Waals surface area contributed by atoms with Crippen molar-refractivity contribution in [2.45, 2.75) is 65.8 Å². The van der Waals surface area contributed by atoms with Crippen molar-refractivity contribution in [3.63, 3.8) is 0 Å². The van der Waals surface area contributed by atoms with Gasteiger partial charge in [0.15, 0.2) is 5.78 Å². The number of carbonyl (C=O) groups is 2. The molecule has 0 aliphatic heterocycles. The maximum atomic E-state index is 12.4. The molecule has 1 saturated carbocycles. The minimum absolute atomic E-state index is 0.0202. The number of aromatic nitrogens is 2. The van der Waals surface area contributed by atoms with Crippen molar-refractivity contribution in [2.75, 3.05) is 5.32 Å². The Bertz CT molecular complexity index is 810. The van der Waals surface area contributed by atoms with Crippen LogP contribution in [0.2, 0.25) is 0 Å². The Kier molecular flexibility index (Phi) is 4.67. The van der Waals surface area contributed by atoms with Gasteiger partial charge in [0, 0.05) is 24.4 Å². The SMILES string of the molecule is CCC(=O)c1ccc2nc(NC(=O)CC(C)(C)C)n(C3CCC3)c2c1. The van der Waals surface area contributed by atoms with Crippen molar-refractivity contribution < 1.29 is 9.59 Å². The van der Waals surface area contributed by atoms with Crippen molar-refractivity contribution in [3.8, 4) is 0 Å². The maximum Gasteiger partial charge on any atom is 0.227 e. The van der Waals surface area contributed by atoms with Crippen LogP contribution in [0.1, 0.15) is 76.2 Å². The number of ketones is 1. The van der Waals surface area contributed by atoms with Gasteiger partial charge in [-0.25, -0.2) is 4.98 Å². The number of nitrogens with one attached hydrogen (secondary N) is 1. The third-order valence-electron chi connectivity index (χ3n) is 4.71. The van der Waals surface area contributed by atoms with Gasteiger partial charge in [0.1, 0.15) is 0 Å². The van der Waals surface area contributed by atoms with Crippen LogP contribution in [-0.4, -0.2) is 21.2 Å². The molecule has 5 nitrogen and oxygen atoms in total. The van der Waals surface area contributed by atoms with Crippen molar-refractivity contribution in [3.05, 3.63) is 23.8 Å². The highest BCUT2D eigenvalue weighted by Gasteiger charge is 2.26. The lowest BCUT2D eigenvalue weighted by Crippen LogP contribution is -2.24. The average Bonchev–Trinajstić information content (AvgIpc) is 2.80. The van der Waals surface area contributed by atoms with Crippen LogP contribution in [0.25, 0.3) is 11.0 Å². The molecule has 0 unspecified atom stereocenters. The first-order chi connectivity index (χ1) is 11.8. The Balaban J connectivity index is 1.99. The molecule has 0 saturated heterocycles. The number of carbonyl (C=O) groups excluding carboxylic acids is 2. The smallest absolute Gasteiger partial charge is 0.227 e. The lowest BCUT2D eigenvalue weighted by atomic mass is 9.92. The lowest BCUT2D eigenvalue weighted by Gasteiger charge is -2.29. The number of imidazole rings is 1. The second kappa shape index (κ2) is 6.62. The summed E-state index contributed by atoms with van der Waals surface area (Å²) in [6.45, 7) is 8.01. The Labute approximate surface area is 148 Å². The number of Topliss-reactive ketones (excluding diaryl/α,β-unsaturated/α-hetero) is 1. The molecular formula is C20H27N3O2. The summed E-state index contributed by atoms with van der Waals surface area (Å²) in [5, 5.41) is 3.00. The molecule has 5 heteroatoms. The molecule has 1 aliphatic rings. The van der Waals surface area contributed by atoms with E-state index in [9.17, 15) is 9.59 Å². The normalized spacial score (nSPS) is 15.2. The van der Waals surface area contributed by atoms with Gasteiger partial charge in [0.05, 0.1) is 11.0 Å². The molecule has 3 rings (SSSR count). The van der Waals surface area contributed by atoms with Crippen LogP contribution in [0.3, 0.4) is 0 Å². The molecule has 1 fully saturated rings. The molecule has 0 bridgehead atoms. The number of amides is 1. The van der Waals surface area contributed by atoms with Crippen LogP contribution in [0.15, 0.2) is 18.2 Å². The van der Waals surface area contributed by atoms with Crippen molar-refractivity contribution >= 4 is 28.7 Å². The van der Waals surface area contributed by atoms with E-state index < -0.39 is 0 Å². The minimum Gasteiger partial charge on any atom is -0.307 e. The Morgan fingerprint density at radius 2 is 2.00 bits per heavy atom. The number of benzene rings is 1. The van der Waals surface area contributed by atoms with E-state index in [4.69, 9.17) is 0 Å². The summed E-state index contributed by atoms with van der Waals surface area (Å²) < 4.78 is 2.12. The van der Waals surface area contributed by atoms with Crippen LogP contribution in [0.4, 0.5) is 5.95 Å². The molecule has 1 aliphatic carbocycles. The molecule has 1 aromatic carbocycles. The number of hydrogen-bond acceptors (Lipinski definition) is 3. The van der Waals surface area contributed by atoms with Crippen LogP contribution in [-0.2, 0) is 4.79 Å². The zero-order chi connectivity index (χ0) is 18.2. The van der Waals surface area contributed by atoms with Gasteiger partial charge < -0.3 is 4.57 Å². The number of hydrogen-bond donors (Lipinski definition) is 1. The lowest BCUT2D eigenvalue weighted by molar-refractivity contribution is -0.117. The summed E-state index contributed by atoms with van der Waals surface area (Å²) in [7, 11) is 0. The maximum absolute atomic E-state index is 12.4. The topological polar surface area (TPSA) is 64.0 Å². The molecule has 134 valence electrons. The Hall–Kier alpha value is -2.17. The molecule has 1 heterocycles. The highest BCUT2D eigenvalue weighted by atomic mass is 16.1. The molecule has 1 N–H and O–H groups in total. The van der Waals surface area contributed by atoms with Crippen LogP contribution in [0, 0.1) is 5.41 Å². The van der Waals surface area contributed by atoms with Gasteiger partial charge in [-0.15, -0.1) is 0 Å². The Morgan fingerprint density at radius 3 is 2.56 bits per heavy atom. The third kappa shape index (κ3) is 3.75. The van der Waals surface area contributed by atoms with Crippen LogP contribution < -0.4 is 5.32 Å². The predicted molar refractivity (Wildman–Crippen MR) is 99.9 cm³/mol. The highest BCUT2D eigenvalue weighted by molar-refractivity contribution is 5.99. The van der Waals surface area contributed by atoms with Gasteiger partial charge >= 0.3 is 0 Å². The molecular weight excluding hydrogens is 314 g/mol. The number of rotatable bonds is 5. The molecule has 1 amide bonds. The fourth-order valence-electron chi connectivity index (χ4n) is 3.22. The van der Waals surface area contributed by atoms with E-state index >= 15 is 0 Å². The minimum atomic E-state index is -0.0713. The average molecular weight is 341 g/mol. The van der Waals surface area contributed by atoms with Crippen molar-refractivity contribution in [2.24, 2.45) is 5.41 Å². The fraction of sp³-hybridized carbons (Fsp3) is 0.550. The van der Waals surface area contributed by atoms with E-state index in [-0.39, 0.29) is 17.1 Å². The zero-order valence-corrected chi connectivity index (χ0v) is 15.6.